The van der Waals surface area contributed by atoms with E-state index in [0.29, 0.717) is 23.1 Å². The molecule has 0 saturated carbocycles. The Labute approximate surface area is 121 Å². The molecule has 0 amide bonds. The number of nitrogens with one attached hydrogen (secondary N) is 1. The number of likely N-dealkylation sites (N-methyl/N-ethyl adjacent to an activating group) is 1. The number of hydrogen-bond donors (Lipinski definition) is 2. The number of pyridine rings is 1. The first-order chi connectivity index (χ1) is 10.1. The molecule has 1 saturated heterocycles. The summed E-state index contributed by atoms with van der Waals surface area (Å²) in [6.45, 7) is 2.16. The van der Waals surface area contributed by atoms with E-state index in [-0.39, 0.29) is 18.2 Å². The number of benzene rings is 1. The molecule has 1 unspecified atom stereocenters. The minimum atomic E-state index is -0.396. The van der Waals surface area contributed by atoms with Crippen LogP contribution < -0.4 is 10.5 Å². The van der Waals surface area contributed by atoms with Crippen LogP contribution in [-0.4, -0.2) is 54.3 Å². The van der Waals surface area contributed by atoms with Crippen LogP contribution in [0.3, 0.4) is 0 Å². The number of anilines is 1. The molecule has 0 spiro atoms. The number of halogens is 1. The number of aromatic amines is 1. The van der Waals surface area contributed by atoms with Crippen molar-refractivity contribution in [1.29, 1.82) is 0 Å². The molecule has 2 aromatic rings. The van der Waals surface area contributed by atoms with E-state index in [0.717, 1.165) is 13.1 Å². The minimum absolute atomic E-state index is 0.0126. The Kier molecular flexibility index (Phi) is 3.65. The van der Waals surface area contributed by atoms with Gasteiger partial charge < -0.3 is 15.0 Å². The maximum atomic E-state index is 13.9. The molecular formula is C15H18FN3O2. The molecule has 1 aromatic heterocycles. The van der Waals surface area contributed by atoms with Gasteiger partial charge in [0, 0.05) is 25.0 Å². The maximum absolute atomic E-state index is 13.9. The minimum Gasteiger partial charge on any atom is -0.395 e. The Morgan fingerprint density at radius 3 is 2.95 bits per heavy atom. The topological polar surface area (TPSA) is 59.6 Å². The zero-order chi connectivity index (χ0) is 15.0. The summed E-state index contributed by atoms with van der Waals surface area (Å²) >= 11 is 0. The average Bonchev–Trinajstić information content (AvgIpc) is 2.48. The number of aromatic nitrogens is 1. The molecule has 6 heteroatoms. The fourth-order valence-electron chi connectivity index (χ4n) is 2.77. The number of aliphatic hydroxyl groups excluding tert-OH is 1. The van der Waals surface area contributed by atoms with Gasteiger partial charge in [0.05, 0.1) is 18.0 Å². The average molecular weight is 291 g/mol. The Morgan fingerprint density at radius 2 is 2.19 bits per heavy atom. The van der Waals surface area contributed by atoms with E-state index in [1.165, 1.54) is 12.1 Å². The van der Waals surface area contributed by atoms with E-state index in [9.17, 15) is 14.3 Å². The Morgan fingerprint density at radius 1 is 1.38 bits per heavy atom. The van der Waals surface area contributed by atoms with Crippen molar-refractivity contribution in [1.82, 2.24) is 9.88 Å². The smallest absolute Gasteiger partial charge is 0.257 e. The van der Waals surface area contributed by atoms with Gasteiger partial charge in [-0.05, 0) is 25.2 Å². The molecule has 0 bridgehead atoms. The molecule has 0 aliphatic carbocycles. The summed E-state index contributed by atoms with van der Waals surface area (Å²) < 4.78 is 13.9. The van der Waals surface area contributed by atoms with Gasteiger partial charge in [-0.25, -0.2) is 4.39 Å². The summed E-state index contributed by atoms with van der Waals surface area (Å²) in [6.07, 6.45) is 0. The predicted octanol–water partition coefficient (Wildman–Crippen LogP) is 0.780. The number of aliphatic hydroxyl groups is 1. The van der Waals surface area contributed by atoms with E-state index < -0.39 is 5.82 Å². The van der Waals surface area contributed by atoms with E-state index in [1.54, 1.807) is 12.1 Å². The maximum Gasteiger partial charge on any atom is 0.257 e. The summed E-state index contributed by atoms with van der Waals surface area (Å²) in [5.74, 6) is 0.205. The monoisotopic (exact) mass is 291 g/mol. The summed E-state index contributed by atoms with van der Waals surface area (Å²) in [6, 6.07) is 6.18. The molecule has 1 aromatic carbocycles. The van der Waals surface area contributed by atoms with E-state index >= 15 is 0 Å². The lowest BCUT2D eigenvalue weighted by Gasteiger charge is -2.39. The summed E-state index contributed by atoms with van der Waals surface area (Å²) in [5, 5.41) is 10.1. The standard InChI is InChI=1S/C15H18FN3O2/c1-18-5-6-19(8-10(18)9-20)14-7-12-11(15(21)17-14)3-2-4-13(12)16/h2-4,7,10,20H,5-6,8-9H2,1H3,(H,17,21). The van der Waals surface area contributed by atoms with Crippen LogP contribution in [0.15, 0.2) is 29.1 Å². The molecule has 5 nitrogen and oxygen atoms in total. The molecular weight excluding hydrogens is 273 g/mol. The Balaban J connectivity index is 2.01. The molecule has 1 fully saturated rings. The molecule has 2 N–H and O–H groups in total. The van der Waals surface area contributed by atoms with Gasteiger partial charge in [0.25, 0.3) is 5.56 Å². The van der Waals surface area contributed by atoms with Crippen LogP contribution in [0.1, 0.15) is 0 Å². The van der Waals surface area contributed by atoms with Gasteiger partial charge in [0.15, 0.2) is 0 Å². The van der Waals surface area contributed by atoms with Gasteiger partial charge in [-0.3, -0.25) is 9.69 Å². The zero-order valence-electron chi connectivity index (χ0n) is 11.8. The number of H-pyrrole nitrogens is 1. The summed E-state index contributed by atoms with van der Waals surface area (Å²) in [7, 11) is 1.96. The number of fused-ring (bicyclic) bond motifs is 1. The lowest BCUT2D eigenvalue weighted by atomic mass is 10.1. The summed E-state index contributed by atoms with van der Waals surface area (Å²) in [4.78, 5) is 19.0. The number of nitrogens with zero attached hydrogens (tertiary/aromatic N) is 2. The van der Waals surface area contributed by atoms with Gasteiger partial charge in [0.1, 0.15) is 11.6 Å². The van der Waals surface area contributed by atoms with Crippen molar-refractivity contribution < 1.29 is 9.50 Å². The van der Waals surface area contributed by atoms with Crippen LogP contribution in [0.5, 0.6) is 0 Å². The normalized spacial score (nSPS) is 20.1. The molecule has 21 heavy (non-hydrogen) atoms. The van der Waals surface area contributed by atoms with Gasteiger partial charge in [-0.15, -0.1) is 0 Å². The highest BCUT2D eigenvalue weighted by Gasteiger charge is 2.24. The van der Waals surface area contributed by atoms with Crippen molar-refractivity contribution in [3.63, 3.8) is 0 Å². The van der Waals surface area contributed by atoms with Gasteiger partial charge in [0.2, 0.25) is 0 Å². The van der Waals surface area contributed by atoms with E-state index in [4.69, 9.17) is 0 Å². The highest BCUT2D eigenvalue weighted by atomic mass is 19.1. The van der Waals surface area contributed by atoms with Crippen LogP contribution in [0, 0.1) is 5.82 Å². The van der Waals surface area contributed by atoms with Gasteiger partial charge in [-0.1, -0.05) is 6.07 Å². The molecule has 1 aliphatic heterocycles. The number of hydrogen-bond acceptors (Lipinski definition) is 4. The molecule has 3 rings (SSSR count). The Bertz CT molecular complexity index is 716. The van der Waals surface area contributed by atoms with Crippen LogP contribution >= 0.6 is 0 Å². The first-order valence-corrected chi connectivity index (χ1v) is 6.97. The van der Waals surface area contributed by atoms with Crippen molar-refractivity contribution in [2.45, 2.75) is 6.04 Å². The second kappa shape index (κ2) is 5.46. The van der Waals surface area contributed by atoms with Crippen LogP contribution in [0.2, 0.25) is 0 Å². The molecule has 0 radical (unpaired) electrons. The van der Waals surface area contributed by atoms with Crippen LogP contribution in [0.4, 0.5) is 10.2 Å². The van der Waals surface area contributed by atoms with Crippen molar-refractivity contribution >= 4 is 16.6 Å². The Hall–Kier alpha value is -1.92. The second-order valence-corrected chi connectivity index (χ2v) is 5.45. The second-order valence-electron chi connectivity index (χ2n) is 5.45. The van der Waals surface area contributed by atoms with E-state index in [1.807, 2.05) is 11.9 Å². The number of rotatable bonds is 2. The largest absolute Gasteiger partial charge is 0.395 e. The van der Waals surface area contributed by atoms with Crippen molar-refractivity contribution in [3.8, 4) is 0 Å². The fourth-order valence-corrected chi connectivity index (χ4v) is 2.77. The van der Waals surface area contributed by atoms with Crippen molar-refractivity contribution in [3.05, 3.63) is 40.4 Å². The van der Waals surface area contributed by atoms with Crippen LogP contribution in [-0.2, 0) is 0 Å². The first-order valence-electron chi connectivity index (χ1n) is 6.97. The third-order valence-electron chi connectivity index (χ3n) is 4.15. The lowest BCUT2D eigenvalue weighted by molar-refractivity contribution is 0.135. The highest BCUT2D eigenvalue weighted by Crippen LogP contribution is 2.21. The van der Waals surface area contributed by atoms with Crippen molar-refractivity contribution in [2.75, 3.05) is 38.2 Å². The molecule has 1 aliphatic rings. The predicted molar refractivity (Wildman–Crippen MR) is 80.2 cm³/mol. The lowest BCUT2D eigenvalue weighted by Crippen LogP contribution is -2.53. The molecule has 112 valence electrons. The number of piperazine rings is 1. The third-order valence-corrected chi connectivity index (χ3v) is 4.15. The fraction of sp³-hybridized carbons (Fsp3) is 0.400. The van der Waals surface area contributed by atoms with Crippen molar-refractivity contribution in [2.24, 2.45) is 0 Å². The van der Waals surface area contributed by atoms with Crippen LogP contribution in [0.25, 0.3) is 10.8 Å². The van der Waals surface area contributed by atoms with Gasteiger partial charge in [-0.2, -0.15) is 0 Å². The highest BCUT2D eigenvalue weighted by molar-refractivity contribution is 5.84. The third kappa shape index (κ3) is 2.52. The first kappa shape index (κ1) is 14.0. The van der Waals surface area contributed by atoms with E-state index in [2.05, 4.69) is 9.88 Å². The SMILES string of the molecule is CN1CCN(c2cc3c(F)cccc3c(=O)[nH]2)CC1CO. The molecule has 1 atom stereocenters. The summed E-state index contributed by atoms with van der Waals surface area (Å²) in [5.41, 5.74) is -0.290. The van der Waals surface area contributed by atoms with Gasteiger partial charge >= 0.3 is 0 Å². The molecule has 2 heterocycles. The quantitative estimate of drug-likeness (QED) is 0.858. The zero-order valence-corrected chi connectivity index (χ0v) is 11.8.